The van der Waals surface area contributed by atoms with Gasteiger partial charge in [-0.15, -0.1) is 4.31 Å². The zero-order valence-corrected chi connectivity index (χ0v) is 22.2. The molecule has 9 nitrogen and oxygen atoms in total. The SMILES string of the molecule is COC(=O)N1CC2(C1)N=C(c1ccc(-c3ccc4cccnc4c3)cc1)N(CC1CCN([S+](C)[O-])C1)C2=O. The molecule has 196 valence electrons. The highest BCUT2D eigenvalue weighted by atomic mass is 32.2. The number of fused-ring (bicyclic) bond motifs is 1. The molecule has 2 unspecified atom stereocenters. The van der Waals surface area contributed by atoms with E-state index >= 15 is 0 Å². The Labute approximate surface area is 224 Å². The monoisotopic (exact) mass is 531 g/mol. The number of methoxy groups -OCH3 is 1. The molecule has 0 saturated carbocycles. The molecule has 2 saturated heterocycles. The van der Waals surface area contributed by atoms with Gasteiger partial charge in [0.2, 0.25) is 0 Å². The van der Waals surface area contributed by atoms with E-state index in [9.17, 15) is 14.1 Å². The Hall–Kier alpha value is -3.47. The molecule has 10 heteroatoms. The highest BCUT2D eigenvalue weighted by Gasteiger charge is 2.58. The van der Waals surface area contributed by atoms with Crippen molar-refractivity contribution in [1.82, 2.24) is 19.1 Å². The number of benzene rings is 2. The Kier molecular flexibility index (Phi) is 6.33. The van der Waals surface area contributed by atoms with Crippen molar-refractivity contribution in [3.05, 3.63) is 66.4 Å². The van der Waals surface area contributed by atoms with Gasteiger partial charge in [0, 0.05) is 48.1 Å². The molecule has 1 spiro atoms. The zero-order valence-electron chi connectivity index (χ0n) is 21.4. The third kappa shape index (κ3) is 4.32. The van der Waals surface area contributed by atoms with Crippen LogP contribution in [0.15, 0.2) is 65.8 Å². The topological polar surface area (TPSA) is 101 Å². The molecule has 0 bridgehead atoms. The minimum absolute atomic E-state index is 0.0894. The number of likely N-dealkylation sites (tertiary alicyclic amines) is 1. The van der Waals surface area contributed by atoms with Crippen molar-refractivity contribution in [2.45, 2.75) is 12.0 Å². The van der Waals surface area contributed by atoms with Crippen molar-refractivity contribution >= 4 is 40.1 Å². The molecular formula is C28H29N5O4S. The molecule has 2 fully saturated rings. The van der Waals surface area contributed by atoms with E-state index in [-0.39, 0.29) is 24.9 Å². The van der Waals surface area contributed by atoms with Crippen molar-refractivity contribution in [3.8, 4) is 11.1 Å². The summed E-state index contributed by atoms with van der Waals surface area (Å²) in [5.74, 6) is 0.736. The van der Waals surface area contributed by atoms with Crippen LogP contribution in [0.1, 0.15) is 12.0 Å². The molecule has 3 aliphatic rings. The second kappa shape index (κ2) is 9.68. The number of amidine groups is 1. The number of nitrogens with zero attached hydrogens (tertiary/aromatic N) is 5. The summed E-state index contributed by atoms with van der Waals surface area (Å²) in [6, 6.07) is 18.2. The number of carbonyl (C=O) groups excluding carboxylic acids is 2. The molecule has 38 heavy (non-hydrogen) atoms. The van der Waals surface area contributed by atoms with Gasteiger partial charge in [0.05, 0.1) is 25.7 Å². The molecule has 3 aromatic rings. The minimum Gasteiger partial charge on any atom is -0.598 e. The van der Waals surface area contributed by atoms with Gasteiger partial charge in [-0.25, -0.2) is 9.79 Å². The molecule has 2 aromatic carbocycles. The van der Waals surface area contributed by atoms with E-state index in [2.05, 4.69) is 23.2 Å². The average Bonchev–Trinajstić information content (AvgIpc) is 3.51. The van der Waals surface area contributed by atoms with E-state index in [1.807, 2.05) is 40.7 Å². The van der Waals surface area contributed by atoms with E-state index in [1.54, 1.807) is 17.4 Å². The normalized spacial score (nSPS) is 21.6. The van der Waals surface area contributed by atoms with E-state index in [1.165, 1.54) is 12.0 Å². The molecule has 0 N–H and O–H groups in total. The number of aliphatic imine (C=N–C) groups is 1. The standard InChI is InChI=1S/C28H29N5O4S/c1-37-27(35)31-17-28(18-31)26(34)33(16-19-11-13-32(15-19)38(2)36)25(30-28)22-8-5-20(6-9-22)23-10-7-21-4-3-12-29-24(21)14-23/h3-10,12,14,19H,11,13,15-18H2,1-2H3. The first-order chi connectivity index (χ1) is 18.4. The van der Waals surface area contributed by atoms with Crippen LogP contribution in [-0.2, 0) is 20.9 Å². The van der Waals surface area contributed by atoms with Crippen LogP contribution < -0.4 is 0 Å². The van der Waals surface area contributed by atoms with E-state index in [4.69, 9.17) is 9.73 Å². The lowest BCUT2D eigenvalue weighted by Gasteiger charge is -2.43. The van der Waals surface area contributed by atoms with Gasteiger partial charge >= 0.3 is 6.09 Å². The van der Waals surface area contributed by atoms with Crippen LogP contribution in [0.25, 0.3) is 22.0 Å². The fourth-order valence-corrected chi connectivity index (χ4v) is 6.38. The minimum atomic E-state index is -1.03. The molecule has 0 aliphatic carbocycles. The first kappa shape index (κ1) is 24.8. The lowest BCUT2D eigenvalue weighted by Crippen LogP contribution is -2.66. The summed E-state index contributed by atoms with van der Waals surface area (Å²) in [5, 5.41) is 1.09. The first-order valence-corrected chi connectivity index (χ1v) is 14.2. The molecule has 1 aromatic heterocycles. The number of hydrogen-bond acceptors (Lipinski definition) is 7. The largest absolute Gasteiger partial charge is 0.598 e. The summed E-state index contributed by atoms with van der Waals surface area (Å²) in [6.07, 6.45) is 3.89. The number of pyridine rings is 1. The van der Waals surface area contributed by atoms with Gasteiger partial charge in [-0.2, -0.15) is 0 Å². The molecule has 2 amide bonds. The van der Waals surface area contributed by atoms with Gasteiger partial charge in [0.25, 0.3) is 5.91 Å². The Morgan fingerprint density at radius 2 is 1.87 bits per heavy atom. The third-order valence-corrected chi connectivity index (χ3v) is 8.75. The predicted molar refractivity (Wildman–Crippen MR) is 146 cm³/mol. The number of ether oxygens (including phenoxy) is 1. The lowest BCUT2D eigenvalue weighted by atomic mass is 9.90. The summed E-state index contributed by atoms with van der Waals surface area (Å²) in [7, 11) is 1.33. The van der Waals surface area contributed by atoms with Crippen LogP contribution in [0.3, 0.4) is 0 Å². The molecule has 4 heterocycles. The van der Waals surface area contributed by atoms with Crippen LogP contribution in [-0.4, -0.2) is 93.1 Å². The van der Waals surface area contributed by atoms with Gasteiger partial charge in [-0.05, 0) is 35.6 Å². The van der Waals surface area contributed by atoms with Gasteiger partial charge in [0.1, 0.15) is 12.1 Å². The number of hydrogen-bond donors (Lipinski definition) is 0. The summed E-state index contributed by atoms with van der Waals surface area (Å²) >= 11 is -1.03. The summed E-state index contributed by atoms with van der Waals surface area (Å²) in [5.41, 5.74) is 2.92. The summed E-state index contributed by atoms with van der Waals surface area (Å²) in [4.78, 5) is 38.4. The predicted octanol–water partition coefficient (Wildman–Crippen LogP) is 2.93. The van der Waals surface area contributed by atoms with E-state index in [0.29, 0.717) is 18.9 Å². The second-order valence-corrected chi connectivity index (χ2v) is 11.5. The Bertz CT molecular complexity index is 1420. The Morgan fingerprint density at radius 3 is 2.58 bits per heavy atom. The molecular weight excluding hydrogens is 502 g/mol. The van der Waals surface area contributed by atoms with E-state index in [0.717, 1.165) is 40.6 Å². The molecule has 0 radical (unpaired) electrons. The highest BCUT2D eigenvalue weighted by molar-refractivity contribution is 7.88. The van der Waals surface area contributed by atoms with Crippen molar-refractivity contribution in [2.75, 3.05) is 46.1 Å². The van der Waals surface area contributed by atoms with Crippen molar-refractivity contribution in [2.24, 2.45) is 10.9 Å². The molecule has 2 atom stereocenters. The third-order valence-electron chi connectivity index (χ3n) is 7.69. The molecule has 3 aliphatic heterocycles. The van der Waals surface area contributed by atoms with Crippen LogP contribution in [0.2, 0.25) is 0 Å². The summed E-state index contributed by atoms with van der Waals surface area (Å²) in [6.45, 7) is 2.34. The van der Waals surface area contributed by atoms with Crippen molar-refractivity contribution in [3.63, 3.8) is 0 Å². The number of carbonyl (C=O) groups is 2. The number of rotatable bonds is 5. The highest BCUT2D eigenvalue weighted by Crippen LogP contribution is 2.36. The zero-order chi connectivity index (χ0) is 26.4. The maximum atomic E-state index is 13.7. The van der Waals surface area contributed by atoms with Crippen LogP contribution in [0.4, 0.5) is 4.79 Å². The first-order valence-electron chi connectivity index (χ1n) is 12.7. The van der Waals surface area contributed by atoms with E-state index < -0.39 is 23.0 Å². The number of aromatic nitrogens is 1. The van der Waals surface area contributed by atoms with Crippen molar-refractivity contribution in [1.29, 1.82) is 0 Å². The lowest BCUT2D eigenvalue weighted by molar-refractivity contribution is -0.136. The Morgan fingerprint density at radius 1 is 1.13 bits per heavy atom. The van der Waals surface area contributed by atoms with Crippen LogP contribution >= 0.6 is 0 Å². The Balaban J connectivity index is 1.28. The second-order valence-electron chi connectivity index (χ2n) is 10.2. The maximum absolute atomic E-state index is 13.7. The van der Waals surface area contributed by atoms with Crippen molar-refractivity contribution < 1.29 is 18.9 Å². The number of amides is 2. The smallest absolute Gasteiger partial charge is 0.409 e. The molecule has 6 rings (SSSR count). The average molecular weight is 532 g/mol. The fraction of sp³-hybridized carbons (Fsp3) is 0.357. The van der Waals surface area contributed by atoms with Crippen LogP contribution in [0, 0.1) is 5.92 Å². The van der Waals surface area contributed by atoms with Gasteiger partial charge < -0.3 is 14.2 Å². The van der Waals surface area contributed by atoms with Gasteiger partial charge in [-0.3, -0.25) is 14.7 Å². The fourth-order valence-electron chi connectivity index (χ4n) is 5.59. The quantitative estimate of drug-likeness (QED) is 0.470. The summed E-state index contributed by atoms with van der Waals surface area (Å²) < 4.78 is 18.7. The maximum Gasteiger partial charge on any atom is 0.409 e. The van der Waals surface area contributed by atoms with Gasteiger partial charge in [0.15, 0.2) is 5.54 Å². The van der Waals surface area contributed by atoms with Gasteiger partial charge in [-0.1, -0.05) is 42.5 Å². The van der Waals surface area contributed by atoms with Crippen LogP contribution in [0.5, 0.6) is 0 Å².